The van der Waals surface area contributed by atoms with Crippen LogP contribution in [0.3, 0.4) is 0 Å². The SMILES string of the molecule is O=C(/C(=N/N=C/c1cc(Cl)cc(Cl)c1O)c1ccccc1)c1ccccc1. The molecular formula is C21H14Cl2N2O2. The molecule has 0 atom stereocenters. The minimum Gasteiger partial charge on any atom is -0.506 e. The molecule has 3 rings (SSSR count). The zero-order valence-corrected chi connectivity index (χ0v) is 15.5. The molecule has 0 aromatic heterocycles. The lowest BCUT2D eigenvalue weighted by atomic mass is 10.0. The van der Waals surface area contributed by atoms with E-state index >= 15 is 0 Å². The number of phenolic OH excluding ortho intramolecular Hbond substituents is 1. The number of Topliss-reactive ketones (excluding diaryl/α,β-unsaturated/α-hetero) is 1. The van der Waals surface area contributed by atoms with E-state index in [9.17, 15) is 9.90 Å². The molecule has 134 valence electrons. The topological polar surface area (TPSA) is 62.0 Å². The van der Waals surface area contributed by atoms with Crippen LogP contribution < -0.4 is 0 Å². The molecular weight excluding hydrogens is 383 g/mol. The summed E-state index contributed by atoms with van der Waals surface area (Å²) in [4.78, 5) is 12.9. The molecule has 0 fully saturated rings. The number of hydrogen-bond acceptors (Lipinski definition) is 4. The first-order valence-corrected chi connectivity index (χ1v) is 8.76. The van der Waals surface area contributed by atoms with Crippen molar-refractivity contribution in [3.8, 4) is 5.75 Å². The van der Waals surface area contributed by atoms with E-state index in [-0.39, 0.29) is 22.3 Å². The summed E-state index contributed by atoms with van der Waals surface area (Å²) in [5, 5.41) is 18.5. The molecule has 1 N–H and O–H groups in total. The number of carbonyl (C=O) groups is 1. The van der Waals surface area contributed by atoms with E-state index in [1.165, 1.54) is 18.3 Å². The van der Waals surface area contributed by atoms with Crippen LogP contribution in [0.4, 0.5) is 0 Å². The van der Waals surface area contributed by atoms with Crippen molar-refractivity contribution in [2.45, 2.75) is 0 Å². The number of rotatable bonds is 5. The highest BCUT2D eigenvalue weighted by Gasteiger charge is 2.16. The number of ketones is 1. The van der Waals surface area contributed by atoms with E-state index in [0.29, 0.717) is 21.7 Å². The van der Waals surface area contributed by atoms with Gasteiger partial charge in [-0.1, -0.05) is 83.9 Å². The molecule has 4 nitrogen and oxygen atoms in total. The number of benzene rings is 3. The fourth-order valence-corrected chi connectivity index (χ4v) is 2.90. The van der Waals surface area contributed by atoms with Crippen molar-refractivity contribution in [1.82, 2.24) is 0 Å². The smallest absolute Gasteiger partial charge is 0.213 e. The molecule has 3 aromatic carbocycles. The zero-order valence-electron chi connectivity index (χ0n) is 14.0. The summed E-state index contributed by atoms with van der Waals surface area (Å²) < 4.78 is 0. The second kappa shape index (κ2) is 8.62. The molecule has 0 unspecified atom stereocenters. The molecule has 0 bridgehead atoms. The van der Waals surface area contributed by atoms with Gasteiger partial charge in [-0.15, -0.1) is 5.10 Å². The van der Waals surface area contributed by atoms with Gasteiger partial charge in [0.25, 0.3) is 0 Å². The fraction of sp³-hybridized carbons (Fsp3) is 0. The number of phenols is 1. The average molecular weight is 397 g/mol. The second-order valence-electron chi connectivity index (χ2n) is 5.58. The molecule has 6 heteroatoms. The Morgan fingerprint density at radius 1 is 0.889 bits per heavy atom. The molecule has 0 radical (unpaired) electrons. The molecule has 0 aliphatic rings. The van der Waals surface area contributed by atoms with E-state index in [4.69, 9.17) is 23.2 Å². The number of hydrogen-bond donors (Lipinski definition) is 1. The van der Waals surface area contributed by atoms with Crippen LogP contribution in [-0.4, -0.2) is 22.8 Å². The zero-order chi connectivity index (χ0) is 19.2. The Labute approximate surface area is 166 Å². The van der Waals surface area contributed by atoms with Gasteiger partial charge >= 0.3 is 0 Å². The summed E-state index contributed by atoms with van der Waals surface area (Å²) in [7, 11) is 0. The highest BCUT2D eigenvalue weighted by Crippen LogP contribution is 2.30. The maximum absolute atomic E-state index is 12.9. The minimum absolute atomic E-state index is 0.108. The molecule has 0 spiro atoms. The molecule has 27 heavy (non-hydrogen) atoms. The normalized spacial score (nSPS) is 11.7. The summed E-state index contributed by atoms with van der Waals surface area (Å²) in [6.45, 7) is 0. The average Bonchev–Trinajstić information content (AvgIpc) is 2.69. The Hall–Kier alpha value is -2.95. The quantitative estimate of drug-likeness (QED) is 0.356. The predicted octanol–water partition coefficient (Wildman–Crippen LogP) is 5.41. The second-order valence-corrected chi connectivity index (χ2v) is 6.42. The molecule has 0 heterocycles. The highest BCUT2D eigenvalue weighted by molar-refractivity contribution is 6.51. The minimum atomic E-state index is -0.257. The first-order chi connectivity index (χ1) is 13.1. The van der Waals surface area contributed by atoms with E-state index < -0.39 is 0 Å². The third-order valence-corrected chi connectivity index (χ3v) is 4.22. The Morgan fingerprint density at radius 3 is 2.11 bits per heavy atom. The lowest BCUT2D eigenvalue weighted by Gasteiger charge is -2.05. The van der Waals surface area contributed by atoms with Gasteiger partial charge in [0.05, 0.1) is 11.2 Å². The van der Waals surface area contributed by atoms with Gasteiger partial charge in [0, 0.05) is 21.7 Å². The van der Waals surface area contributed by atoms with Crippen LogP contribution in [0.1, 0.15) is 21.5 Å². The van der Waals surface area contributed by atoms with Crippen molar-refractivity contribution in [2.24, 2.45) is 10.2 Å². The van der Waals surface area contributed by atoms with E-state index in [1.807, 2.05) is 24.3 Å². The Balaban J connectivity index is 2.00. The monoisotopic (exact) mass is 396 g/mol. The van der Waals surface area contributed by atoms with Crippen LogP contribution in [0.15, 0.2) is 83.0 Å². The summed E-state index contributed by atoms with van der Waals surface area (Å²) in [6, 6.07) is 20.8. The largest absolute Gasteiger partial charge is 0.506 e. The standard InChI is InChI=1S/C21H14Cl2N2O2/c22-17-11-16(20(26)18(23)12-17)13-24-25-19(14-7-3-1-4-8-14)21(27)15-9-5-2-6-10-15/h1-13,26H/b24-13+,25-19+. The molecule has 0 saturated heterocycles. The summed E-state index contributed by atoms with van der Waals surface area (Å²) in [5.41, 5.74) is 1.63. The molecule has 0 aliphatic heterocycles. The highest BCUT2D eigenvalue weighted by atomic mass is 35.5. The Kier molecular flexibility index (Phi) is 6.01. The molecule has 0 aliphatic carbocycles. The lowest BCUT2D eigenvalue weighted by Crippen LogP contribution is -2.15. The van der Waals surface area contributed by atoms with E-state index in [2.05, 4.69) is 10.2 Å². The summed E-state index contributed by atoms with van der Waals surface area (Å²) in [5.74, 6) is -0.414. The number of carbonyl (C=O) groups excluding carboxylic acids is 1. The fourth-order valence-electron chi connectivity index (χ4n) is 2.39. The Bertz CT molecular complexity index is 1020. The first kappa shape index (κ1) is 18.8. The first-order valence-electron chi connectivity index (χ1n) is 8.00. The van der Waals surface area contributed by atoms with Gasteiger partial charge in [0.1, 0.15) is 11.5 Å². The molecule has 3 aromatic rings. The summed E-state index contributed by atoms with van der Waals surface area (Å²) >= 11 is 11.8. The van der Waals surface area contributed by atoms with Crippen LogP contribution in [0.25, 0.3) is 0 Å². The van der Waals surface area contributed by atoms with Gasteiger partial charge in [-0.05, 0) is 12.1 Å². The molecule has 0 amide bonds. The van der Waals surface area contributed by atoms with Crippen LogP contribution >= 0.6 is 23.2 Å². The predicted molar refractivity (Wildman–Crippen MR) is 109 cm³/mol. The Morgan fingerprint density at radius 2 is 1.48 bits per heavy atom. The lowest BCUT2D eigenvalue weighted by molar-refractivity contribution is 0.106. The maximum atomic E-state index is 12.9. The number of nitrogens with zero attached hydrogens (tertiary/aromatic N) is 2. The van der Waals surface area contributed by atoms with Gasteiger partial charge in [0.2, 0.25) is 5.78 Å². The van der Waals surface area contributed by atoms with Crippen molar-refractivity contribution < 1.29 is 9.90 Å². The van der Waals surface area contributed by atoms with Crippen molar-refractivity contribution in [3.05, 3.63) is 99.5 Å². The van der Waals surface area contributed by atoms with Crippen LogP contribution in [0, 0.1) is 0 Å². The van der Waals surface area contributed by atoms with Crippen LogP contribution in [0.5, 0.6) is 5.75 Å². The molecule has 0 saturated carbocycles. The maximum Gasteiger partial charge on any atom is 0.213 e. The van der Waals surface area contributed by atoms with Crippen molar-refractivity contribution >= 4 is 40.9 Å². The van der Waals surface area contributed by atoms with Gasteiger partial charge < -0.3 is 5.11 Å². The van der Waals surface area contributed by atoms with E-state index in [0.717, 1.165) is 0 Å². The number of aromatic hydroxyl groups is 1. The van der Waals surface area contributed by atoms with Crippen LogP contribution in [0.2, 0.25) is 10.0 Å². The third kappa shape index (κ3) is 4.61. The van der Waals surface area contributed by atoms with Crippen LogP contribution in [-0.2, 0) is 0 Å². The summed E-state index contributed by atoms with van der Waals surface area (Å²) in [6.07, 6.45) is 1.30. The van der Waals surface area contributed by atoms with Crippen molar-refractivity contribution in [2.75, 3.05) is 0 Å². The van der Waals surface area contributed by atoms with Gasteiger partial charge in [-0.3, -0.25) is 4.79 Å². The van der Waals surface area contributed by atoms with Gasteiger partial charge in [0.15, 0.2) is 0 Å². The number of halogens is 2. The van der Waals surface area contributed by atoms with Gasteiger partial charge in [-0.25, -0.2) is 0 Å². The van der Waals surface area contributed by atoms with Crippen molar-refractivity contribution in [3.63, 3.8) is 0 Å². The van der Waals surface area contributed by atoms with Crippen molar-refractivity contribution in [1.29, 1.82) is 0 Å². The van der Waals surface area contributed by atoms with Gasteiger partial charge in [-0.2, -0.15) is 5.10 Å². The van der Waals surface area contributed by atoms with E-state index in [1.54, 1.807) is 36.4 Å². The third-order valence-electron chi connectivity index (χ3n) is 3.71.